The summed E-state index contributed by atoms with van der Waals surface area (Å²) in [7, 11) is 1.48. The predicted molar refractivity (Wildman–Crippen MR) is 104 cm³/mol. The van der Waals surface area contributed by atoms with E-state index in [4.69, 9.17) is 14.2 Å². The SMILES string of the molecule is CCCOc1ccc(C(=O)OCC(=O)c2[nH]c(C)c(C(C)=O)c2C)cc1OC. The Morgan fingerprint density at radius 1 is 1.11 bits per heavy atom. The van der Waals surface area contributed by atoms with E-state index in [9.17, 15) is 14.4 Å². The van der Waals surface area contributed by atoms with Crippen molar-refractivity contribution >= 4 is 17.5 Å². The first-order chi connectivity index (χ1) is 13.3. The molecule has 0 bridgehead atoms. The number of aryl methyl sites for hydroxylation is 1. The third kappa shape index (κ3) is 4.60. The lowest BCUT2D eigenvalue weighted by atomic mass is 10.1. The monoisotopic (exact) mass is 387 g/mol. The maximum Gasteiger partial charge on any atom is 0.338 e. The number of nitrogens with one attached hydrogen (secondary N) is 1. The molecule has 0 fully saturated rings. The van der Waals surface area contributed by atoms with Crippen molar-refractivity contribution in [1.29, 1.82) is 0 Å². The Morgan fingerprint density at radius 2 is 1.82 bits per heavy atom. The molecule has 0 amide bonds. The molecule has 1 N–H and O–H groups in total. The molecule has 2 aromatic rings. The quantitative estimate of drug-likeness (QED) is 0.521. The highest BCUT2D eigenvalue weighted by atomic mass is 16.5. The van der Waals surface area contributed by atoms with Crippen LogP contribution in [0.2, 0.25) is 0 Å². The molecule has 0 radical (unpaired) electrons. The van der Waals surface area contributed by atoms with Gasteiger partial charge in [0.05, 0.1) is 25.0 Å². The minimum atomic E-state index is -0.651. The van der Waals surface area contributed by atoms with Crippen molar-refractivity contribution in [2.24, 2.45) is 0 Å². The Bertz CT molecular complexity index is 897. The number of carbonyl (C=O) groups excluding carboxylic acids is 3. The van der Waals surface area contributed by atoms with Gasteiger partial charge in [0.2, 0.25) is 5.78 Å². The molecule has 7 heteroatoms. The smallest absolute Gasteiger partial charge is 0.338 e. The number of methoxy groups -OCH3 is 1. The number of ketones is 2. The minimum Gasteiger partial charge on any atom is -0.493 e. The van der Waals surface area contributed by atoms with Gasteiger partial charge in [0.1, 0.15) is 0 Å². The zero-order chi connectivity index (χ0) is 20.8. The maximum absolute atomic E-state index is 12.4. The first-order valence-electron chi connectivity index (χ1n) is 9.01. The summed E-state index contributed by atoms with van der Waals surface area (Å²) in [6.07, 6.45) is 0.845. The van der Waals surface area contributed by atoms with Crippen molar-refractivity contribution in [2.75, 3.05) is 20.3 Å². The summed E-state index contributed by atoms with van der Waals surface area (Å²) in [6, 6.07) is 4.69. The second-order valence-electron chi connectivity index (χ2n) is 6.39. The zero-order valence-electron chi connectivity index (χ0n) is 16.8. The van der Waals surface area contributed by atoms with Gasteiger partial charge in [0, 0.05) is 11.3 Å². The number of H-pyrrole nitrogens is 1. The summed E-state index contributed by atoms with van der Waals surface area (Å²) in [5, 5.41) is 0. The van der Waals surface area contributed by atoms with Crippen molar-refractivity contribution in [2.45, 2.75) is 34.1 Å². The lowest BCUT2D eigenvalue weighted by Crippen LogP contribution is -2.15. The Kier molecular flexibility index (Phi) is 6.98. The number of hydrogen-bond acceptors (Lipinski definition) is 6. The number of carbonyl (C=O) groups is 3. The summed E-state index contributed by atoms with van der Waals surface area (Å²) >= 11 is 0. The summed E-state index contributed by atoms with van der Waals surface area (Å²) in [6.45, 7) is 6.94. The molecule has 28 heavy (non-hydrogen) atoms. The molecule has 1 aromatic heterocycles. The van der Waals surface area contributed by atoms with Gasteiger partial charge in [-0.15, -0.1) is 0 Å². The first-order valence-corrected chi connectivity index (χ1v) is 9.01. The first kappa shape index (κ1) is 21.2. The molecule has 2 rings (SSSR count). The van der Waals surface area contributed by atoms with E-state index in [0.29, 0.717) is 34.9 Å². The van der Waals surface area contributed by atoms with Crippen LogP contribution in [0, 0.1) is 13.8 Å². The normalized spacial score (nSPS) is 10.5. The lowest BCUT2D eigenvalue weighted by molar-refractivity contribution is 0.0473. The van der Waals surface area contributed by atoms with Gasteiger partial charge in [-0.3, -0.25) is 9.59 Å². The van der Waals surface area contributed by atoms with E-state index in [-0.39, 0.29) is 17.0 Å². The number of hydrogen-bond donors (Lipinski definition) is 1. The van der Waals surface area contributed by atoms with Gasteiger partial charge >= 0.3 is 5.97 Å². The molecule has 0 spiro atoms. The molecule has 1 heterocycles. The van der Waals surface area contributed by atoms with E-state index in [1.54, 1.807) is 26.0 Å². The molecule has 0 aliphatic rings. The Morgan fingerprint density at radius 3 is 2.39 bits per heavy atom. The Hall–Kier alpha value is -3.09. The van der Waals surface area contributed by atoms with Gasteiger partial charge in [-0.05, 0) is 51.0 Å². The molecule has 0 saturated carbocycles. The van der Waals surface area contributed by atoms with E-state index in [1.807, 2.05) is 6.92 Å². The molecule has 150 valence electrons. The molecule has 0 atom stereocenters. The average Bonchev–Trinajstić information content (AvgIpc) is 2.98. The van der Waals surface area contributed by atoms with Gasteiger partial charge in [0.25, 0.3) is 0 Å². The molecule has 7 nitrogen and oxygen atoms in total. The largest absolute Gasteiger partial charge is 0.493 e. The van der Waals surface area contributed by atoms with Gasteiger partial charge in [-0.1, -0.05) is 6.92 Å². The fraction of sp³-hybridized carbons (Fsp3) is 0.381. The van der Waals surface area contributed by atoms with E-state index in [1.165, 1.54) is 20.1 Å². The van der Waals surface area contributed by atoms with Gasteiger partial charge in [-0.2, -0.15) is 0 Å². The van der Waals surface area contributed by atoms with Crippen LogP contribution in [0.1, 0.15) is 62.7 Å². The summed E-state index contributed by atoms with van der Waals surface area (Å²) < 4.78 is 15.9. The summed E-state index contributed by atoms with van der Waals surface area (Å²) in [5.74, 6) is -0.236. The van der Waals surface area contributed by atoms with Gasteiger partial charge < -0.3 is 19.2 Å². The summed E-state index contributed by atoms with van der Waals surface area (Å²) in [4.78, 5) is 39.3. The van der Waals surface area contributed by atoms with Crippen LogP contribution in [0.15, 0.2) is 18.2 Å². The standard InChI is InChI=1S/C21H25NO6/c1-6-9-27-17-8-7-15(10-18(17)26-5)21(25)28-11-16(24)20-12(2)19(14(4)23)13(3)22-20/h7-8,10,22H,6,9,11H2,1-5H3. The van der Waals surface area contributed by atoms with Crippen LogP contribution < -0.4 is 9.47 Å². The van der Waals surface area contributed by atoms with Crippen molar-refractivity contribution in [1.82, 2.24) is 4.98 Å². The minimum absolute atomic E-state index is 0.125. The molecule has 0 saturated heterocycles. The highest BCUT2D eigenvalue weighted by Crippen LogP contribution is 2.28. The number of esters is 1. The third-order valence-electron chi connectivity index (χ3n) is 4.26. The van der Waals surface area contributed by atoms with Crippen LogP contribution in [0.5, 0.6) is 11.5 Å². The number of benzene rings is 1. The predicted octanol–water partition coefficient (Wildman–Crippen LogP) is 3.67. The van der Waals surface area contributed by atoms with E-state index in [0.717, 1.165) is 6.42 Å². The van der Waals surface area contributed by atoms with Crippen LogP contribution >= 0.6 is 0 Å². The highest BCUT2D eigenvalue weighted by Gasteiger charge is 2.21. The van der Waals surface area contributed by atoms with E-state index < -0.39 is 18.4 Å². The number of rotatable bonds is 9. The Balaban J connectivity index is 2.09. The zero-order valence-corrected chi connectivity index (χ0v) is 16.8. The van der Waals surface area contributed by atoms with Crippen molar-refractivity contribution < 1.29 is 28.6 Å². The molecule has 0 aliphatic heterocycles. The van der Waals surface area contributed by atoms with E-state index in [2.05, 4.69) is 4.98 Å². The molecule has 1 aromatic carbocycles. The van der Waals surface area contributed by atoms with Crippen LogP contribution in [0.3, 0.4) is 0 Å². The second kappa shape index (κ2) is 9.21. The highest BCUT2D eigenvalue weighted by molar-refractivity contribution is 6.04. The maximum atomic E-state index is 12.4. The average molecular weight is 387 g/mol. The van der Waals surface area contributed by atoms with E-state index >= 15 is 0 Å². The van der Waals surface area contributed by atoms with Crippen molar-refractivity contribution in [3.8, 4) is 11.5 Å². The molecule has 0 aliphatic carbocycles. The fourth-order valence-electron chi connectivity index (χ4n) is 2.97. The molecule has 0 unspecified atom stereocenters. The number of Topliss-reactive ketones (excluding diaryl/α,β-unsaturated/α-hetero) is 2. The Labute approximate surface area is 164 Å². The third-order valence-corrected chi connectivity index (χ3v) is 4.26. The molecular formula is C21H25NO6. The number of ether oxygens (including phenoxy) is 3. The van der Waals surface area contributed by atoms with Crippen LogP contribution in [-0.4, -0.2) is 42.8 Å². The van der Waals surface area contributed by atoms with Crippen LogP contribution in [-0.2, 0) is 4.74 Å². The lowest BCUT2D eigenvalue weighted by Gasteiger charge is -2.11. The van der Waals surface area contributed by atoms with Crippen LogP contribution in [0.4, 0.5) is 0 Å². The van der Waals surface area contributed by atoms with Gasteiger partial charge in [-0.25, -0.2) is 4.79 Å². The number of aromatic amines is 1. The topological polar surface area (TPSA) is 94.7 Å². The fourth-order valence-corrected chi connectivity index (χ4v) is 2.97. The second-order valence-corrected chi connectivity index (χ2v) is 6.39. The van der Waals surface area contributed by atoms with Gasteiger partial charge in [0.15, 0.2) is 23.9 Å². The van der Waals surface area contributed by atoms with Crippen molar-refractivity contribution in [3.05, 3.63) is 46.3 Å². The molecular weight excluding hydrogens is 362 g/mol. The van der Waals surface area contributed by atoms with Crippen LogP contribution in [0.25, 0.3) is 0 Å². The number of aromatic nitrogens is 1. The van der Waals surface area contributed by atoms with Crippen molar-refractivity contribution in [3.63, 3.8) is 0 Å². The summed E-state index contributed by atoms with van der Waals surface area (Å²) in [5.41, 5.74) is 2.19.